The second-order valence-electron chi connectivity index (χ2n) is 3.69. The van der Waals surface area contributed by atoms with Crippen LogP contribution in [0, 0.1) is 0 Å². The van der Waals surface area contributed by atoms with Crippen LogP contribution < -0.4 is 5.73 Å². The van der Waals surface area contributed by atoms with E-state index in [0.717, 1.165) is 5.76 Å². The molecule has 0 bridgehead atoms. The highest BCUT2D eigenvalue weighted by molar-refractivity contribution is 5.26. The smallest absolute Gasteiger partial charge is 0.117 e. The molecule has 0 heterocycles. The highest BCUT2D eigenvalue weighted by Crippen LogP contribution is 2.19. The zero-order valence-corrected chi connectivity index (χ0v) is 7.29. The van der Waals surface area contributed by atoms with Gasteiger partial charge in [0, 0.05) is 0 Å². The van der Waals surface area contributed by atoms with Gasteiger partial charge in [0.2, 0.25) is 0 Å². The van der Waals surface area contributed by atoms with Gasteiger partial charge in [0.05, 0.1) is 6.04 Å². The number of hydrogen-bond acceptors (Lipinski definition) is 2. The maximum Gasteiger partial charge on any atom is 0.117 e. The predicted molar refractivity (Wildman–Crippen MR) is 46.0 cm³/mol. The minimum absolute atomic E-state index is 0.0470. The lowest BCUT2D eigenvalue weighted by molar-refractivity contribution is 0.0470. The summed E-state index contributed by atoms with van der Waals surface area (Å²) in [5.41, 5.74) is 5.56. The molecule has 1 aliphatic carbocycles. The highest BCUT2D eigenvalue weighted by atomic mass is 16.5. The summed E-state index contributed by atoms with van der Waals surface area (Å²) in [5.74, 6) is 0.859. The van der Waals surface area contributed by atoms with Gasteiger partial charge >= 0.3 is 0 Å². The van der Waals surface area contributed by atoms with Crippen LogP contribution in [-0.2, 0) is 4.74 Å². The Morgan fingerprint density at radius 2 is 2.09 bits per heavy atom. The van der Waals surface area contributed by atoms with Crippen molar-refractivity contribution in [3.63, 3.8) is 0 Å². The molecule has 1 unspecified atom stereocenters. The average molecular weight is 153 g/mol. The van der Waals surface area contributed by atoms with Gasteiger partial charge in [-0.05, 0) is 26.8 Å². The fourth-order valence-electron chi connectivity index (χ4n) is 0.932. The van der Waals surface area contributed by atoms with Crippen LogP contribution in [0.25, 0.3) is 0 Å². The minimum Gasteiger partial charge on any atom is -0.490 e. The summed E-state index contributed by atoms with van der Waals surface area (Å²) in [5, 5.41) is 0. The van der Waals surface area contributed by atoms with E-state index in [-0.39, 0.29) is 11.6 Å². The van der Waals surface area contributed by atoms with Crippen molar-refractivity contribution in [3.05, 3.63) is 24.0 Å². The molecule has 0 aromatic carbocycles. The molecular formula is C9H15NO. The lowest BCUT2D eigenvalue weighted by Gasteiger charge is -2.24. The molecule has 0 fully saturated rings. The summed E-state index contributed by atoms with van der Waals surface area (Å²) < 4.78 is 5.58. The summed E-state index contributed by atoms with van der Waals surface area (Å²) in [7, 11) is 0. The predicted octanol–water partition coefficient (Wildman–Crippen LogP) is 1.58. The Bertz CT molecular complexity index is 198. The second-order valence-corrected chi connectivity index (χ2v) is 3.69. The number of rotatable bonds is 1. The van der Waals surface area contributed by atoms with E-state index in [2.05, 4.69) is 0 Å². The number of ether oxygens (including phenoxy) is 1. The lowest BCUT2D eigenvalue weighted by atomic mass is 10.2. The van der Waals surface area contributed by atoms with Crippen molar-refractivity contribution < 1.29 is 4.74 Å². The molecule has 0 saturated carbocycles. The zero-order chi connectivity index (χ0) is 8.48. The van der Waals surface area contributed by atoms with E-state index < -0.39 is 0 Å². The fourth-order valence-corrected chi connectivity index (χ4v) is 0.932. The largest absolute Gasteiger partial charge is 0.490 e. The average Bonchev–Trinajstić information content (AvgIpc) is 2.12. The Labute approximate surface area is 67.7 Å². The van der Waals surface area contributed by atoms with Gasteiger partial charge in [-0.25, -0.2) is 0 Å². The van der Waals surface area contributed by atoms with E-state index in [1.165, 1.54) is 0 Å². The van der Waals surface area contributed by atoms with Crippen molar-refractivity contribution in [2.24, 2.45) is 5.73 Å². The molecule has 0 aromatic rings. The molecule has 0 radical (unpaired) electrons. The Balaban J connectivity index is 2.53. The lowest BCUT2D eigenvalue weighted by Crippen LogP contribution is -2.26. The molecule has 1 rings (SSSR count). The molecule has 0 amide bonds. The van der Waals surface area contributed by atoms with Crippen LogP contribution in [0.15, 0.2) is 24.0 Å². The summed E-state index contributed by atoms with van der Waals surface area (Å²) in [6.45, 7) is 6.04. The minimum atomic E-state index is -0.143. The van der Waals surface area contributed by atoms with E-state index in [1.807, 2.05) is 39.0 Å². The van der Waals surface area contributed by atoms with Crippen LogP contribution in [0.4, 0.5) is 0 Å². The van der Waals surface area contributed by atoms with E-state index in [1.54, 1.807) is 0 Å². The quantitative estimate of drug-likeness (QED) is 0.620. The first-order chi connectivity index (χ1) is 4.99. The monoisotopic (exact) mass is 153 g/mol. The van der Waals surface area contributed by atoms with E-state index in [4.69, 9.17) is 10.5 Å². The first-order valence-corrected chi connectivity index (χ1v) is 3.82. The summed E-state index contributed by atoms with van der Waals surface area (Å²) in [6, 6.07) is -0.0470. The van der Waals surface area contributed by atoms with Gasteiger partial charge in [0.1, 0.15) is 11.4 Å². The molecule has 0 spiro atoms. The van der Waals surface area contributed by atoms with Crippen LogP contribution >= 0.6 is 0 Å². The Morgan fingerprint density at radius 1 is 1.45 bits per heavy atom. The molecule has 11 heavy (non-hydrogen) atoms. The fraction of sp³-hybridized carbons (Fsp3) is 0.556. The molecule has 0 aromatic heterocycles. The first-order valence-electron chi connectivity index (χ1n) is 3.82. The van der Waals surface area contributed by atoms with Gasteiger partial charge in [0.15, 0.2) is 0 Å². The first kappa shape index (κ1) is 8.34. The van der Waals surface area contributed by atoms with Crippen molar-refractivity contribution in [1.82, 2.24) is 0 Å². The van der Waals surface area contributed by atoms with Crippen molar-refractivity contribution in [3.8, 4) is 0 Å². The van der Waals surface area contributed by atoms with Crippen LogP contribution in [0.2, 0.25) is 0 Å². The Hall–Kier alpha value is -0.760. The molecular weight excluding hydrogens is 138 g/mol. The molecule has 0 saturated heterocycles. The maximum absolute atomic E-state index is 5.71. The molecule has 1 aliphatic rings. The van der Waals surface area contributed by atoms with Crippen molar-refractivity contribution in [2.75, 3.05) is 0 Å². The van der Waals surface area contributed by atoms with E-state index >= 15 is 0 Å². The van der Waals surface area contributed by atoms with Crippen LogP contribution in [0.5, 0.6) is 0 Å². The van der Waals surface area contributed by atoms with Gasteiger partial charge in [0.25, 0.3) is 0 Å². The number of nitrogens with two attached hydrogens (primary N) is 1. The maximum atomic E-state index is 5.71. The third-order valence-corrected chi connectivity index (χ3v) is 1.33. The van der Waals surface area contributed by atoms with E-state index in [9.17, 15) is 0 Å². The topological polar surface area (TPSA) is 35.2 Å². The molecule has 2 heteroatoms. The van der Waals surface area contributed by atoms with Crippen LogP contribution in [-0.4, -0.2) is 11.6 Å². The SMILES string of the molecule is CC(C)(C)OC1=CC=CC1N. The molecule has 62 valence electrons. The zero-order valence-electron chi connectivity index (χ0n) is 7.29. The summed E-state index contributed by atoms with van der Waals surface area (Å²) in [4.78, 5) is 0. The number of hydrogen-bond donors (Lipinski definition) is 1. The third kappa shape index (κ3) is 2.39. The van der Waals surface area contributed by atoms with Gasteiger partial charge in [-0.2, -0.15) is 0 Å². The highest BCUT2D eigenvalue weighted by Gasteiger charge is 2.18. The summed E-state index contributed by atoms with van der Waals surface area (Å²) >= 11 is 0. The Kier molecular flexibility index (Phi) is 2.05. The van der Waals surface area contributed by atoms with Gasteiger partial charge in [-0.3, -0.25) is 0 Å². The van der Waals surface area contributed by atoms with Crippen molar-refractivity contribution >= 4 is 0 Å². The molecule has 2 nitrogen and oxygen atoms in total. The third-order valence-electron chi connectivity index (χ3n) is 1.33. The van der Waals surface area contributed by atoms with Crippen LogP contribution in [0.3, 0.4) is 0 Å². The molecule has 1 atom stereocenters. The van der Waals surface area contributed by atoms with Gasteiger partial charge in [-0.1, -0.05) is 12.2 Å². The standard InChI is InChI=1S/C9H15NO/c1-9(2,3)11-8-6-4-5-7(8)10/h4-7H,10H2,1-3H3. The summed E-state index contributed by atoms with van der Waals surface area (Å²) in [6.07, 6.45) is 5.75. The second kappa shape index (κ2) is 2.70. The number of allylic oxidation sites excluding steroid dienone is 2. The molecule has 0 aliphatic heterocycles. The molecule has 2 N–H and O–H groups in total. The van der Waals surface area contributed by atoms with Crippen molar-refractivity contribution in [2.45, 2.75) is 32.4 Å². The Morgan fingerprint density at radius 3 is 2.45 bits per heavy atom. The van der Waals surface area contributed by atoms with Crippen LogP contribution in [0.1, 0.15) is 20.8 Å². The van der Waals surface area contributed by atoms with Gasteiger partial charge in [-0.15, -0.1) is 0 Å². The van der Waals surface area contributed by atoms with E-state index in [0.29, 0.717) is 0 Å². The normalized spacial score (nSPS) is 23.6. The van der Waals surface area contributed by atoms with Gasteiger partial charge < -0.3 is 10.5 Å². The van der Waals surface area contributed by atoms with Crippen molar-refractivity contribution in [1.29, 1.82) is 0 Å².